The van der Waals surface area contributed by atoms with E-state index in [9.17, 15) is 0 Å². The van der Waals surface area contributed by atoms with Crippen LogP contribution in [0, 0.1) is 0 Å². The number of ether oxygens (including phenoxy) is 3. The van der Waals surface area contributed by atoms with Crippen molar-refractivity contribution in [2.45, 2.75) is 6.61 Å². The summed E-state index contributed by atoms with van der Waals surface area (Å²) in [4.78, 5) is 0.698. The van der Waals surface area contributed by atoms with Gasteiger partial charge in [-0.3, -0.25) is 0 Å². The van der Waals surface area contributed by atoms with Gasteiger partial charge in [-0.15, -0.1) is 10.2 Å². The van der Waals surface area contributed by atoms with Crippen molar-refractivity contribution in [1.29, 1.82) is 0 Å². The molecule has 0 aliphatic carbocycles. The van der Waals surface area contributed by atoms with Crippen LogP contribution in [0.3, 0.4) is 0 Å². The van der Waals surface area contributed by atoms with Gasteiger partial charge in [0.15, 0.2) is 17.3 Å². The first kappa shape index (κ1) is 15.4. The predicted octanol–water partition coefficient (Wildman–Crippen LogP) is 3.81. The van der Waals surface area contributed by atoms with Crippen LogP contribution in [0.15, 0.2) is 42.5 Å². The van der Waals surface area contributed by atoms with E-state index in [1.165, 1.54) is 11.3 Å². The number of halogens is 1. The molecule has 2 aromatic carbocycles. The molecule has 130 valence electrons. The van der Waals surface area contributed by atoms with Crippen molar-refractivity contribution in [2.75, 3.05) is 6.79 Å². The van der Waals surface area contributed by atoms with Crippen LogP contribution in [0.4, 0.5) is 0 Å². The van der Waals surface area contributed by atoms with Crippen LogP contribution in [-0.4, -0.2) is 26.6 Å². The zero-order valence-electron chi connectivity index (χ0n) is 13.3. The lowest BCUT2D eigenvalue weighted by molar-refractivity contribution is 0.173. The zero-order chi connectivity index (χ0) is 17.5. The summed E-state index contributed by atoms with van der Waals surface area (Å²) in [5.74, 6) is 2.66. The Morgan fingerprint density at radius 1 is 1.12 bits per heavy atom. The quantitative estimate of drug-likeness (QED) is 0.531. The van der Waals surface area contributed by atoms with Gasteiger partial charge in [0, 0.05) is 16.7 Å². The van der Waals surface area contributed by atoms with E-state index in [4.69, 9.17) is 25.8 Å². The van der Waals surface area contributed by atoms with Crippen LogP contribution < -0.4 is 14.2 Å². The molecule has 5 rings (SSSR count). The molecule has 0 radical (unpaired) electrons. The second-order valence-corrected chi connectivity index (χ2v) is 6.92. The second-order valence-electron chi connectivity index (χ2n) is 5.53. The zero-order valence-corrected chi connectivity index (χ0v) is 14.8. The third kappa shape index (κ3) is 2.73. The fraction of sp³-hybridized carbons (Fsp3) is 0.118. The molecule has 1 aliphatic heterocycles. The van der Waals surface area contributed by atoms with Gasteiger partial charge in [-0.25, -0.2) is 0 Å². The van der Waals surface area contributed by atoms with E-state index in [0.29, 0.717) is 33.1 Å². The van der Waals surface area contributed by atoms with E-state index in [-0.39, 0.29) is 13.4 Å². The number of nitrogens with zero attached hydrogens (tertiary/aromatic N) is 4. The van der Waals surface area contributed by atoms with Gasteiger partial charge in [0.2, 0.25) is 11.8 Å². The average molecular weight is 387 g/mol. The Morgan fingerprint density at radius 2 is 2.04 bits per heavy atom. The lowest BCUT2D eigenvalue weighted by atomic mass is 10.2. The van der Waals surface area contributed by atoms with Gasteiger partial charge < -0.3 is 14.2 Å². The SMILES string of the molecule is Clc1cccc(-c2nn3c(COc4ccc5c(c4)OCO5)nnc3s2)c1. The Balaban J connectivity index is 1.39. The molecule has 0 N–H and O–H groups in total. The van der Waals surface area contributed by atoms with Crippen LogP contribution in [0.25, 0.3) is 15.5 Å². The minimum absolute atomic E-state index is 0.231. The molecular weight excluding hydrogens is 376 g/mol. The highest BCUT2D eigenvalue weighted by molar-refractivity contribution is 7.19. The number of aromatic nitrogens is 4. The van der Waals surface area contributed by atoms with E-state index in [1.54, 1.807) is 10.6 Å². The molecule has 0 atom stereocenters. The van der Waals surface area contributed by atoms with E-state index in [0.717, 1.165) is 10.6 Å². The molecule has 0 bridgehead atoms. The van der Waals surface area contributed by atoms with Crippen molar-refractivity contribution in [3.05, 3.63) is 53.3 Å². The smallest absolute Gasteiger partial charge is 0.235 e. The minimum Gasteiger partial charge on any atom is -0.485 e. The minimum atomic E-state index is 0.231. The first-order valence-electron chi connectivity index (χ1n) is 7.76. The molecule has 0 unspecified atom stereocenters. The molecule has 0 fully saturated rings. The first-order valence-corrected chi connectivity index (χ1v) is 8.95. The van der Waals surface area contributed by atoms with Crippen LogP contribution in [-0.2, 0) is 6.61 Å². The fourth-order valence-corrected chi connectivity index (χ4v) is 3.65. The van der Waals surface area contributed by atoms with Crippen LogP contribution in [0.2, 0.25) is 5.02 Å². The molecule has 9 heteroatoms. The highest BCUT2D eigenvalue weighted by atomic mass is 35.5. The Hall–Kier alpha value is -2.84. The number of benzene rings is 2. The van der Waals surface area contributed by atoms with Gasteiger partial charge >= 0.3 is 0 Å². The normalized spacial score (nSPS) is 12.7. The third-order valence-corrected chi connectivity index (χ3v) is 5.02. The third-order valence-electron chi connectivity index (χ3n) is 3.84. The summed E-state index contributed by atoms with van der Waals surface area (Å²) in [6.07, 6.45) is 0. The molecule has 3 heterocycles. The lowest BCUT2D eigenvalue weighted by Crippen LogP contribution is -2.02. The summed E-state index contributed by atoms with van der Waals surface area (Å²) in [6, 6.07) is 13.0. The van der Waals surface area contributed by atoms with Crippen molar-refractivity contribution in [3.8, 4) is 27.8 Å². The summed E-state index contributed by atoms with van der Waals surface area (Å²) >= 11 is 7.50. The van der Waals surface area contributed by atoms with Gasteiger partial charge in [0.25, 0.3) is 0 Å². The molecule has 1 aliphatic rings. The number of hydrogen-bond acceptors (Lipinski definition) is 7. The second kappa shape index (κ2) is 6.15. The molecule has 0 saturated carbocycles. The molecule has 2 aromatic heterocycles. The van der Waals surface area contributed by atoms with E-state index >= 15 is 0 Å². The molecule has 26 heavy (non-hydrogen) atoms. The van der Waals surface area contributed by atoms with Gasteiger partial charge in [0.05, 0.1) is 0 Å². The van der Waals surface area contributed by atoms with Gasteiger partial charge in [-0.1, -0.05) is 35.1 Å². The lowest BCUT2D eigenvalue weighted by Gasteiger charge is -2.05. The average Bonchev–Trinajstić information content (AvgIpc) is 3.35. The Morgan fingerprint density at radius 3 is 2.96 bits per heavy atom. The Kier molecular flexibility index (Phi) is 3.65. The highest BCUT2D eigenvalue weighted by Gasteiger charge is 2.16. The molecule has 0 spiro atoms. The van der Waals surface area contributed by atoms with Crippen LogP contribution in [0.5, 0.6) is 17.2 Å². The Labute approximate surface area is 156 Å². The summed E-state index contributed by atoms with van der Waals surface area (Å²) in [7, 11) is 0. The van der Waals surface area contributed by atoms with Crippen LogP contribution >= 0.6 is 22.9 Å². The number of fused-ring (bicyclic) bond motifs is 2. The maximum atomic E-state index is 6.06. The summed E-state index contributed by atoms with van der Waals surface area (Å²) in [5, 5.41) is 14.4. The maximum Gasteiger partial charge on any atom is 0.235 e. The van der Waals surface area contributed by atoms with Crippen molar-refractivity contribution < 1.29 is 14.2 Å². The van der Waals surface area contributed by atoms with E-state index in [2.05, 4.69) is 15.3 Å². The number of hydrogen-bond donors (Lipinski definition) is 0. The fourth-order valence-electron chi connectivity index (χ4n) is 2.60. The molecule has 4 aromatic rings. The summed E-state index contributed by atoms with van der Waals surface area (Å²) in [5.41, 5.74) is 0.940. The largest absolute Gasteiger partial charge is 0.485 e. The van der Waals surface area contributed by atoms with Crippen LogP contribution in [0.1, 0.15) is 5.82 Å². The van der Waals surface area contributed by atoms with Gasteiger partial charge in [-0.2, -0.15) is 9.61 Å². The number of rotatable bonds is 4. The molecule has 0 amide bonds. The van der Waals surface area contributed by atoms with Crippen molar-refractivity contribution >= 4 is 27.9 Å². The molecule has 0 saturated heterocycles. The molecule has 7 nitrogen and oxygen atoms in total. The van der Waals surface area contributed by atoms with Crippen molar-refractivity contribution in [3.63, 3.8) is 0 Å². The Bertz CT molecular complexity index is 1110. The predicted molar refractivity (Wildman–Crippen MR) is 96.0 cm³/mol. The van der Waals surface area contributed by atoms with E-state index < -0.39 is 0 Å². The summed E-state index contributed by atoms with van der Waals surface area (Å²) in [6.45, 7) is 0.466. The standard InChI is InChI=1S/C17H11ClN4O3S/c18-11-3-1-2-10(6-11)16-21-22-15(19-20-17(22)26-16)8-23-12-4-5-13-14(7-12)25-9-24-13/h1-7H,8-9H2. The highest BCUT2D eigenvalue weighted by Crippen LogP contribution is 2.35. The van der Waals surface area contributed by atoms with Gasteiger partial charge in [0.1, 0.15) is 17.4 Å². The first-order chi connectivity index (χ1) is 12.8. The topological polar surface area (TPSA) is 70.8 Å². The summed E-state index contributed by atoms with van der Waals surface area (Å²) < 4.78 is 18.1. The van der Waals surface area contributed by atoms with Crippen molar-refractivity contribution in [1.82, 2.24) is 19.8 Å². The monoisotopic (exact) mass is 386 g/mol. The maximum absolute atomic E-state index is 6.06. The van der Waals surface area contributed by atoms with Gasteiger partial charge in [-0.05, 0) is 24.3 Å². The molecular formula is C17H11ClN4O3S. The van der Waals surface area contributed by atoms with E-state index in [1.807, 2.05) is 36.4 Å². The van der Waals surface area contributed by atoms with Crippen molar-refractivity contribution in [2.24, 2.45) is 0 Å².